The highest BCUT2D eigenvalue weighted by Gasteiger charge is 2.33. The van der Waals surface area contributed by atoms with E-state index in [-0.39, 0.29) is 19.0 Å². The first-order chi connectivity index (χ1) is 8.63. The van der Waals surface area contributed by atoms with Gasteiger partial charge in [0.15, 0.2) is 0 Å². The number of nitrogens with one attached hydrogen (secondary N) is 1. The van der Waals surface area contributed by atoms with Gasteiger partial charge in [-0.1, -0.05) is 0 Å². The van der Waals surface area contributed by atoms with Crippen LogP contribution >= 0.6 is 0 Å². The van der Waals surface area contributed by atoms with Gasteiger partial charge in [-0.05, 0) is 13.0 Å². The molecule has 3 N–H and O–H groups in total. The van der Waals surface area contributed by atoms with E-state index in [0.29, 0.717) is 17.8 Å². The van der Waals surface area contributed by atoms with Crippen molar-refractivity contribution < 1.29 is 15.0 Å². The van der Waals surface area contributed by atoms with Crippen LogP contribution in [0.5, 0.6) is 0 Å². The van der Waals surface area contributed by atoms with Gasteiger partial charge in [0.2, 0.25) is 0 Å². The minimum atomic E-state index is -0.863. The molecule has 6 heteroatoms. The molecular weight excluding hydrogens is 234 g/mol. The monoisotopic (exact) mass is 251 g/mol. The van der Waals surface area contributed by atoms with Crippen LogP contribution in [0.3, 0.4) is 0 Å². The highest BCUT2D eigenvalue weighted by molar-refractivity contribution is 5.99. The number of aliphatic hydroxyl groups excluding tert-OH is 2. The third-order valence-electron chi connectivity index (χ3n) is 2.96. The van der Waals surface area contributed by atoms with Crippen molar-refractivity contribution in [1.82, 2.24) is 9.88 Å². The zero-order chi connectivity index (χ0) is 13.1. The minimum Gasteiger partial charge on any atom is -0.388 e. The largest absolute Gasteiger partial charge is 0.388 e. The fraction of sp³-hybridized carbons (Fsp3) is 0.500. The summed E-state index contributed by atoms with van der Waals surface area (Å²) in [5.74, 6) is -0.205. The van der Waals surface area contributed by atoms with Gasteiger partial charge in [0.05, 0.1) is 29.7 Å². The number of nitrogens with zero attached hydrogens (tertiary/aromatic N) is 2. The van der Waals surface area contributed by atoms with Gasteiger partial charge in [-0.3, -0.25) is 9.78 Å². The lowest BCUT2D eigenvalue weighted by Crippen LogP contribution is -2.30. The summed E-state index contributed by atoms with van der Waals surface area (Å²) in [7, 11) is 0. The average Bonchev–Trinajstić information content (AvgIpc) is 2.70. The lowest BCUT2D eigenvalue weighted by Gasteiger charge is -2.17. The topological polar surface area (TPSA) is 85.7 Å². The highest BCUT2D eigenvalue weighted by atomic mass is 16.3. The Bertz CT molecular complexity index is 428. The van der Waals surface area contributed by atoms with E-state index in [1.807, 2.05) is 6.92 Å². The summed E-state index contributed by atoms with van der Waals surface area (Å²) in [5, 5.41) is 22.0. The van der Waals surface area contributed by atoms with Crippen molar-refractivity contribution in [2.24, 2.45) is 0 Å². The molecule has 1 aromatic rings. The van der Waals surface area contributed by atoms with Gasteiger partial charge in [-0.15, -0.1) is 0 Å². The third kappa shape index (κ3) is 2.44. The van der Waals surface area contributed by atoms with Gasteiger partial charge in [-0.2, -0.15) is 0 Å². The van der Waals surface area contributed by atoms with E-state index in [0.717, 1.165) is 0 Å². The zero-order valence-electron chi connectivity index (χ0n) is 10.2. The maximum absolute atomic E-state index is 12.3. The molecule has 98 valence electrons. The summed E-state index contributed by atoms with van der Waals surface area (Å²) < 4.78 is 0. The molecule has 0 bridgehead atoms. The molecule has 2 heterocycles. The molecule has 1 fully saturated rings. The number of pyridine rings is 1. The molecule has 18 heavy (non-hydrogen) atoms. The van der Waals surface area contributed by atoms with Gasteiger partial charge in [0.1, 0.15) is 0 Å². The van der Waals surface area contributed by atoms with Crippen LogP contribution in [0.15, 0.2) is 18.5 Å². The van der Waals surface area contributed by atoms with Crippen LogP contribution in [0.2, 0.25) is 0 Å². The number of carbonyl (C=O) groups excluding carboxylic acids is 1. The van der Waals surface area contributed by atoms with Crippen LogP contribution in [0, 0.1) is 0 Å². The quantitative estimate of drug-likeness (QED) is 0.686. The maximum Gasteiger partial charge on any atom is 0.256 e. The molecule has 1 aliphatic heterocycles. The van der Waals surface area contributed by atoms with Crippen LogP contribution in [-0.4, -0.2) is 57.8 Å². The van der Waals surface area contributed by atoms with Crippen molar-refractivity contribution in [1.29, 1.82) is 0 Å². The number of hydrogen-bond donors (Lipinski definition) is 3. The van der Waals surface area contributed by atoms with Crippen LogP contribution in [-0.2, 0) is 0 Å². The van der Waals surface area contributed by atoms with Crippen LogP contribution in [0.1, 0.15) is 17.3 Å². The SMILES string of the molecule is CCNc1cnccc1C(=O)N1CC(O)C(O)C1. The lowest BCUT2D eigenvalue weighted by atomic mass is 10.2. The van der Waals surface area contributed by atoms with E-state index in [9.17, 15) is 15.0 Å². The molecule has 0 aliphatic carbocycles. The Morgan fingerprint density at radius 2 is 2.17 bits per heavy atom. The maximum atomic E-state index is 12.3. The van der Waals surface area contributed by atoms with E-state index in [1.165, 1.54) is 4.90 Å². The first-order valence-electron chi connectivity index (χ1n) is 5.96. The molecule has 2 atom stereocenters. The number of β-amino-alcohol motifs (C(OH)–C–C–N with tert-alkyl or cyclic N) is 2. The number of carbonyl (C=O) groups is 1. The van der Waals surface area contributed by atoms with Crippen molar-refractivity contribution in [3.63, 3.8) is 0 Å². The van der Waals surface area contributed by atoms with Crippen molar-refractivity contribution in [2.75, 3.05) is 25.0 Å². The molecule has 2 rings (SSSR count). The van der Waals surface area contributed by atoms with E-state index < -0.39 is 12.2 Å². The Morgan fingerprint density at radius 1 is 1.50 bits per heavy atom. The summed E-state index contributed by atoms with van der Waals surface area (Å²) in [6, 6.07) is 1.64. The van der Waals surface area contributed by atoms with Gasteiger partial charge in [-0.25, -0.2) is 0 Å². The molecule has 1 aromatic heterocycles. The highest BCUT2D eigenvalue weighted by Crippen LogP contribution is 2.19. The molecule has 1 amide bonds. The minimum absolute atomic E-state index is 0.161. The normalized spacial score (nSPS) is 23.2. The summed E-state index contributed by atoms with van der Waals surface area (Å²) in [4.78, 5) is 17.7. The number of aromatic nitrogens is 1. The van der Waals surface area contributed by atoms with Gasteiger partial charge < -0.3 is 20.4 Å². The Labute approximate surface area is 105 Å². The van der Waals surface area contributed by atoms with Crippen LogP contribution in [0.25, 0.3) is 0 Å². The van der Waals surface area contributed by atoms with Gasteiger partial charge >= 0.3 is 0 Å². The number of aliphatic hydroxyl groups is 2. The van der Waals surface area contributed by atoms with Crippen molar-refractivity contribution in [3.8, 4) is 0 Å². The average molecular weight is 251 g/mol. The molecule has 2 unspecified atom stereocenters. The summed E-state index contributed by atoms with van der Waals surface area (Å²) in [6.45, 7) is 2.95. The van der Waals surface area contributed by atoms with E-state index >= 15 is 0 Å². The smallest absolute Gasteiger partial charge is 0.256 e. The Hall–Kier alpha value is -1.66. The first kappa shape index (κ1) is 12.8. The summed E-state index contributed by atoms with van der Waals surface area (Å²) in [6.07, 6.45) is 1.42. The standard InChI is InChI=1S/C12H17N3O3/c1-2-14-9-5-13-4-3-8(9)12(18)15-6-10(16)11(17)7-15/h3-5,10-11,14,16-17H,2,6-7H2,1H3. The second-order valence-corrected chi connectivity index (χ2v) is 4.30. The van der Waals surface area contributed by atoms with Crippen LogP contribution in [0.4, 0.5) is 5.69 Å². The molecule has 1 saturated heterocycles. The summed E-state index contributed by atoms with van der Waals surface area (Å²) in [5.41, 5.74) is 1.18. The van der Waals surface area contributed by atoms with Crippen LogP contribution < -0.4 is 5.32 Å². The second kappa shape index (κ2) is 5.32. The number of hydrogen-bond acceptors (Lipinski definition) is 5. The molecule has 6 nitrogen and oxygen atoms in total. The third-order valence-corrected chi connectivity index (χ3v) is 2.96. The Morgan fingerprint density at radius 3 is 2.78 bits per heavy atom. The van der Waals surface area contributed by atoms with E-state index in [1.54, 1.807) is 18.5 Å². The fourth-order valence-corrected chi connectivity index (χ4v) is 2.02. The lowest BCUT2D eigenvalue weighted by molar-refractivity contribution is 0.0572. The van der Waals surface area contributed by atoms with Gasteiger partial charge in [0, 0.05) is 25.8 Å². The Kier molecular flexibility index (Phi) is 3.78. The molecule has 0 aromatic carbocycles. The zero-order valence-corrected chi connectivity index (χ0v) is 10.2. The van der Waals surface area contributed by atoms with E-state index in [2.05, 4.69) is 10.3 Å². The number of rotatable bonds is 3. The molecular formula is C12H17N3O3. The molecule has 0 spiro atoms. The molecule has 1 aliphatic rings. The van der Waals surface area contributed by atoms with Crippen molar-refractivity contribution in [3.05, 3.63) is 24.0 Å². The number of anilines is 1. The Balaban J connectivity index is 2.19. The predicted molar refractivity (Wildman–Crippen MR) is 66.3 cm³/mol. The predicted octanol–water partition coefficient (Wildman–Crippen LogP) is -0.309. The first-order valence-corrected chi connectivity index (χ1v) is 5.96. The van der Waals surface area contributed by atoms with Gasteiger partial charge in [0.25, 0.3) is 5.91 Å². The molecule has 0 radical (unpaired) electrons. The number of likely N-dealkylation sites (tertiary alicyclic amines) is 1. The molecule has 0 saturated carbocycles. The van der Waals surface area contributed by atoms with E-state index in [4.69, 9.17) is 0 Å². The number of amides is 1. The van der Waals surface area contributed by atoms with Crippen molar-refractivity contribution in [2.45, 2.75) is 19.1 Å². The van der Waals surface area contributed by atoms with Crippen molar-refractivity contribution >= 4 is 11.6 Å². The fourth-order valence-electron chi connectivity index (χ4n) is 2.02. The second-order valence-electron chi connectivity index (χ2n) is 4.30. The summed E-state index contributed by atoms with van der Waals surface area (Å²) >= 11 is 0.